The summed E-state index contributed by atoms with van der Waals surface area (Å²) in [5, 5.41) is 52.1. The van der Waals surface area contributed by atoms with Gasteiger partial charge >= 0.3 is 0 Å². The lowest BCUT2D eigenvalue weighted by Crippen LogP contribution is -2.63. The van der Waals surface area contributed by atoms with Crippen LogP contribution in [0.4, 0.5) is 5.69 Å². The van der Waals surface area contributed by atoms with Crippen LogP contribution in [0.25, 0.3) is 0 Å². The van der Waals surface area contributed by atoms with E-state index in [0.717, 1.165) is 6.92 Å². The van der Waals surface area contributed by atoms with Gasteiger partial charge in [0.25, 0.3) is 5.91 Å². The minimum Gasteiger partial charge on any atom is -0.391 e. The van der Waals surface area contributed by atoms with E-state index < -0.39 is 144 Å². The smallest absolute Gasteiger partial charge is 0.272 e. The van der Waals surface area contributed by atoms with E-state index in [-0.39, 0.29) is 95.9 Å². The molecule has 482 valence electrons. The Morgan fingerprint density at radius 2 is 1.09 bits per heavy atom. The molecule has 0 saturated carbocycles. The highest BCUT2D eigenvalue weighted by Crippen LogP contribution is 2.13. The lowest BCUT2D eigenvalue weighted by atomic mass is 10.00. The molecule has 0 spiro atoms. The van der Waals surface area contributed by atoms with Crippen LogP contribution in [0.15, 0.2) is 54.6 Å². The highest BCUT2D eigenvalue weighted by Gasteiger charge is 2.39. The molecule has 0 radical (unpaired) electrons. The fourth-order valence-electron chi connectivity index (χ4n) is 8.99. The second-order valence-electron chi connectivity index (χ2n) is 21.6. The topological polar surface area (TPSA) is 520 Å². The number of amides is 12. The van der Waals surface area contributed by atoms with Crippen LogP contribution in [0.2, 0.25) is 0 Å². The number of rotatable bonds is 25. The molecule has 2 aromatic carbocycles. The zero-order valence-corrected chi connectivity index (χ0v) is 49.8. The molecule has 0 unspecified atom stereocenters. The third-order valence-corrected chi connectivity index (χ3v) is 13.6. The second kappa shape index (κ2) is 36.7. The summed E-state index contributed by atoms with van der Waals surface area (Å²) in [6.07, 6.45) is -3.50. The van der Waals surface area contributed by atoms with Crippen LogP contribution in [0.3, 0.4) is 0 Å². The number of hydrogen-bond acceptors (Lipinski definition) is 19. The lowest BCUT2D eigenvalue weighted by Gasteiger charge is -2.29. The van der Waals surface area contributed by atoms with Crippen molar-refractivity contribution in [3.05, 3.63) is 65.7 Å². The number of nitrogens with one attached hydrogen (secondary N) is 12. The molecule has 0 aromatic heterocycles. The van der Waals surface area contributed by atoms with Gasteiger partial charge in [0, 0.05) is 25.6 Å². The van der Waals surface area contributed by atoms with Crippen LogP contribution < -0.4 is 92.5 Å². The summed E-state index contributed by atoms with van der Waals surface area (Å²) in [6.45, 7) is 5.53. The van der Waals surface area contributed by atoms with Crippen molar-refractivity contribution >= 4 is 76.6 Å². The molecule has 11 atom stereocenters. The van der Waals surface area contributed by atoms with Crippen LogP contribution >= 0.6 is 0 Å². The van der Waals surface area contributed by atoms with E-state index in [4.69, 9.17) is 28.7 Å². The molecule has 1 saturated heterocycles. The maximum atomic E-state index is 14.5. The van der Waals surface area contributed by atoms with E-state index in [0.29, 0.717) is 16.8 Å². The molecule has 31 heteroatoms. The van der Waals surface area contributed by atoms with Gasteiger partial charge in [0.1, 0.15) is 54.4 Å². The summed E-state index contributed by atoms with van der Waals surface area (Å²) in [4.78, 5) is 165. The molecule has 12 amide bonds. The second-order valence-corrected chi connectivity index (χ2v) is 21.6. The molecule has 0 aliphatic carbocycles. The quantitative estimate of drug-likeness (QED) is 0.0439. The third-order valence-electron chi connectivity index (χ3n) is 13.6. The van der Waals surface area contributed by atoms with Crippen LogP contribution in [0.1, 0.15) is 90.7 Å². The number of anilines is 1. The summed E-state index contributed by atoms with van der Waals surface area (Å²) in [5.41, 5.74) is 28.1. The van der Waals surface area contributed by atoms with Gasteiger partial charge < -0.3 is 103 Å². The Morgan fingerprint density at radius 1 is 0.598 bits per heavy atom. The van der Waals surface area contributed by atoms with Crippen molar-refractivity contribution in [2.45, 2.75) is 159 Å². The van der Waals surface area contributed by atoms with E-state index in [1.807, 2.05) is 0 Å². The number of aliphatic hydroxyl groups excluding tert-OH is 1. The average molecular weight is 1220 g/mol. The van der Waals surface area contributed by atoms with Crippen molar-refractivity contribution in [2.24, 2.45) is 34.6 Å². The SMILES string of the molecule is CC(=O)Nc1ccc(CC(=O)N[C@@H](CCN)C(=O)N[C@H](C(=O)N[C@@H](CCN)C(=O)N[C@H]2CCNC(=O)[C@](C)(O)NC(=O)[C@H](CCN)NC(=O)[C@H](CCN)NC(=O)[C@H](CC(C)C)NC(=O)[C@@H](Cc3ccccc3)NC(=O)[C@H](CCN)NC2=O)[C@@H](C)O)cc1. The van der Waals surface area contributed by atoms with E-state index in [9.17, 15) is 67.7 Å². The van der Waals surface area contributed by atoms with Gasteiger partial charge in [0.2, 0.25) is 70.7 Å². The van der Waals surface area contributed by atoms with E-state index in [1.54, 1.807) is 68.4 Å². The highest BCUT2D eigenvalue weighted by molar-refractivity contribution is 5.99. The van der Waals surface area contributed by atoms with Gasteiger partial charge in [-0.15, -0.1) is 0 Å². The van der Waals surface area contributed by atoms with E-state index >= 15 is 0 Å². The van der Waals surface area contributed by atoms with Gasteiger partial charge in [0.05, 0.1) is 12.5 Å². The fraction of sp³-hybridized carbons (Fsp3) is 0.571. The molecule has 24 N–H and O–H groups in total. The maximum Gasteiger partial charge on any atom is 0.272 e. The Balaban J connectivity index is 2.04. The molecule has 87 heavy (non-hydrogen) atoms. The van der Waals surface area contributed by atoms with E-state index in [2.05, 4.69) is 63.8 Å². The highest BCUT2D eigenvalue weighted by atomic mass is 16.3. The number of aliphatic hydroxyl groups is 2. The molecule has 1 aliphatic rings. The van der Waals surface area contributed by atoms with Crippen molar-refractivity contribution in [3.8, 4) is 0 Å². The summed E-state index contributed by atoms with van der Waals surface area (Å²) in [7, 11) is 0. The van der Waals surface area contributed by atoms with Crippen LogP contribution in [-0.4, -0.2) is 187 Å². The maximum absolute atomic E-state index is 14.5. The van der Waals surface area contributed by atoms with Crippen LogP contribution in [0.5, 0.6) is 0 Å². The number of benzene rings is 2. The molecule has 1 aliphatic heterocycles. The molecule has 0 bridgehead atoms. The zero-order chi connectivity index (χ0) is 65.0. The molecule has 2 aromatic rings. The van der Waals surface area contributed by atoms with E-state index in [1.165, 1.54) is 13.8 Å². The van der Waals surface area contributed by atoms with Gasteiger partial charge in [-0.2, -0.15) is 0 Å². The first-order valence-electron chi connectivity index (χ1n) is 28.8. The Labute approximate surface area is 504 Å². The summed E-state index contributed by atoms with van der Waals surface area (Å²) >= 11 is 0. The molecule has 1 fully saturated rings. The Kier molecular flexibility index (Phi) is 30.8. The Bertz CT molecular complexity index is 2660. The predicted octanol–water partition coefficient (Wildman–Crippen LogP) is -6.69. The van der Waals surface area contributed by atoms with Crippen molar-refractivity contribution in [1.82, 2.24) is 58.5 Å². The first-order valence-corrected chi connectivity index (χ1v) is 28.8. The van der Waals surface area contributed by atoms with Crippen molar-refractivity contribution in [3.63, 3.8) is 0 Å². The van der Waals surface area contributed by atoms with Gasteiger partial charge in [-0.05, 0) is 121 Å². The van der Waals surface area contributed by atoms with Gasteiger partial charge in [0.15, 0.2) is 0 Å². The lowest BCUT2D eigenvalue weighted by molar-refractivity contribution is -0.148. The number of carbonyl (C=O) groups excluding carboxylic acids is 12. The van der Waals surface area contributed by atoms with Crippen molar-refractivity contribution in [2.75, 3.05) is 44.6 Å². The monoisotopic (exact) mass is 1220 g/mol. The molecule has 31 nitrogen and oxygen atoms in total. The predicted molar refractivity (Wildman–Crippen MR) is 318 cm³/mol. The number of nitrogens with two attached hydrogens (primary N) is 5. The first-order chi connectivity index (χ1) is 41.2. The summed E-state index contributed by atoms with van der Waals surface area (Å²) < 4.78 is 0. The zero-order valence-electron chi connectivity index (χ0n) is 49.8. The normalized spacial score (nSPS) is 22.6. The molecule has 3 rings (SSSR count). The Morgan fingerprint density at radius 3 is 1.61 bits per heavy atom. The van der Waals surface area contributed by atoms with Crippen LogP contribution in [-0.2, 0) is 70.4 Å². The minimum atomic E-state index is -2.72. The first kappa shape index (κ1) is 73.1. The van der Waals surface area contributed by atoms with Gasteiger partial charge in [-0.25, -0.2) is 0 Å². The number of carbonyl (C=O) groups is 12. The average Bonchev–Trinajstić information content (AvgIpc) is 3.68. The molecular formula is C56H89N17O14. The van der Waals surface area contributed by atoms with Gasteiger partial charge in [-0.3, -0.25) is 57.5 Å². The van der Waals surface area contributed by atoms with Crippen LogP contribution in [0, 0.1) is 5.92 Å². The number of hydrogen-bond donors (Lipinski definition) is 19. The largest absolute Gasteiger partial charge is 0.391 e. The van der Waals surface area contributed by atoms with Crippen molar-refractivity contribution in [1.29, 1.82) is 0 Å². The Hall–Kier alpha value is -8.20. The third kappa shape index (κ3) is 25.0. The summed E-state index contributed by atoms with van der Waals surface area (Å²) in [5.74, 6) is -11.2. The molecular weight excluding hydrogens is 1130 g/mol. The molecule has 1 heterocycles. The summed E-state index contributed by atoms with van der Waals surface area (Å²) in [6, 6.07) is 1.29. The fourth-order valence-corrected chi connectivity index (χ4v) is 8.99. The minimum absolute atomic E-state index is 0.0289. The van der Waals surface area contributed by atoms with Crippen molar-refractivity contribution < 1.29 is 67.7 Å². The standard InChI is InChI=1S/C56H89N17O14/c1-30(2)27-42-51(82)66-37(16-22-58)46(77)67-40(19-25-61)53(84)73-56(5,87)55(86)62-26-20-41(49(80)65-38(17-23-59)48(79)71-43(52(83)70-42)28-33-9-7-6-8-10-33)68-47(78)39(18-24-60)69-54(85)45(31(3)74)72-50(81)36(15-21-57)64-44(76)29-34-11-13-35(14-12-34)63-32(4)75/h6-14,30-31,36-43,45,74,87H,15-29,57-61H2,1-5H3,(H,62,86)(H,63,75)(H,64,76)(H,65,80)(H,66,82)(H,67,77)(H,68,78)(H,69,85)(H,70,83)(H,71,79)(H,72,81)(H,73,84)/t31-,36+,37+,38+,39+,40+,41+,42+,43-,45+,56+/m1/s1. The van der Waals surface area contributed by atoms with Gasteiger partial charge in [-0.1, -0.05) is 56.3 Å².